The molecular formula is C19H20FN3O. The SMILES string of the molecule is Cc1c([C@@H](C)NCc2cccc(O)c2)cnn1-c1cccc(F)c1. The fourth-order valence-corrected chi connectivity index (χ4v) is 2.76. The highest BCUT2D eigenvalue weighted by molar-refractivity contribution is 5.36. The lowest BCUT2D eigenvalue weighted by atomic mass is 10.1. The lowest BCUT2D eigenvalue weighted by molar-refractivity contribution is 0.473. The van der Waals surface area contributed by atoms with Crippen LogP contribution in [0.4, 0.5) is 4.39 Å². The van der Waals surface area contributed by atoms with Gasteiger partial charge < -0.3 is 10.4 Å². The van der Waals surface area contributed by atoms with Gasteiger partial charge >= 0.3 is 0 Å². The van der Waals surface area contributed by atoms with Gasteiger partial charge in [0.2, 0.25) is 0 Å². The summed E-state index contributed by atoms with van der Waals surface area (Å²) in [6, 6.07) is 13.6. The highest BCUT2D eigenvalue weighted by Gasteiger charge is 2.14. The van der Waals surface area contributed by atoms with Crippen LogP contribution in [0.1, 0.15) is 29.8 Å². The van der Waals surface area contributed by atoms with Crippen LogP contribution in [0, 0.1) is 12.7 Å². The van der Waals surface area contributed by atoms with Gasteiger partial charge in [0.1, 0.15) is 11.6 Å². The number of benzene rings is 2. The molecule has 5 heteroatoms. The minimum atomic E-state index is -0.279. The van der Waals surface area contributed by atoms with Crippen molar-refractivity contribution in [2.45, 2.75) is 26.4 Å². The smallest absolute Gasteiger partial charge is 0.125 e. The molecule has 124 valence electrons. The summed E-state index contributed by atoms with van der Waals surface area (Å²) in [6.07, 6.45) is 1.81. The van der Waals surface area contributed by atoms with Crippen LogP contribution in [0.25, 0.3) is 5.69 Å². The van der Waals surface area contributed by atoms with Crippen molar-refractivity contribution in [3.63, 3.8) is 0 Å². The molecule has 1 heterocycles. The van der Waals surface area contributed by atoms with Crippen LogP contribution in [0.15, 0.2) is 54.7 Å². The van der Waals surface area contributed by atoms with Crippen LogP contribution in [0.5, 0.6) is 5.75 Å². The number of nitrogens with one attached hydrogen (secondary N) is 1. The molecule has 24 heavy (non-hydrogen) atoms. The van der Waals surface area contributed by atoms with E-state index in [2.05, 4.69) is 17.3 Å². The Morgan fingerprint density at radius 2 is 2.00 bits per heavy atom. The van der Waals surface area contributed by atoms with Crippen LogP contribution < -0.4 is 5.32 Å². The van der Waals surface area contributed by atoms with E-state index in [1.165, 1.54) is 12.1 Å². The fourth-order valence-electron chi connectivity index (χ4n) is 2.76. The van der Waals surface area contributed by atoms with Crippen molar-refractivity contribution in [3.05, 3.63) is 77.4 Å². The van der Waals surface area contributed by atoms with E-state index in [4.69, 9.17) is 0 Å². The Morgan fingerprint density at radius 1 is 1.21 bits per heavy atom. The van der Waals surface area contributed by atoms with Gasteiger partial charge in [-0.25, -0.2) is 9.07 Å². The second-order valence-electron chi connectivity index (χ2n) is 5.85. The van der Waals surface area contributed by atoms with Crippen molar-refractivity contribution >= 4 is 0 Å². The van der Waals surface area contributed by atoms with Crippen LogP contribution in [-0.4, -0.2) is 14.9 Å². The van der Waals surface area contributed by atoms with E-state index >= 15 is 0 Å². The fraction of sp³-hybridized carbons (Fsp3) is 0.211. The molecule has 0 spiro atoms. The third kappa shape index (κ3) is 3.46. The molecule has 4 nitrogen and oxygen atoms in total. The second-order valence-corrected chi connectivity index (χ2v) is 5.85. The van der Waals surface area contributed by atoms with Gasteiger partial charge in [-0.15, -0.1) is 0 Å². The first-order chi connectivity index (χ1) is 11.5. The molecule has 0 radical (unpaired) electrons. The molecule has 0 saturated heterocycles. The van der Waals surface area contributed by atoms with Crippen molar-refractivity contribution in [1.29, 1.82) is 0 Å². The van der Waals surface area contributed by atoms with Gasteiger partial charge in [0.15, 0.2) is 0 Å². The van der Waals surface area contributed by atoms with Crippen LogP contribution in [0.2, 0.25) is 0 Å². The second kappa shape index (κ2) is 6.84. The highest BCUT2D eigenvalue weighted by atomic mass is 19.1. The van der Waals surface area contributed by atoms with Gasteiger partial charge in [0, 0.05) is 23.8 Å². The standard InChI is InChI=1S/C19H20FN3O/c1-13(21-11-15-5-3-8-18(24)9-15)19-12-22-23(14(19)2)17-7-4-6-16(20)10-17/h3-10,12-13,21,24H,11H2,1-2H3/t13-/m1/s1. The summed E-state index contributed by atoms with van der Waals surface area (Å²) in [5, 5.41) is 17.3. The summed E-state index contributed by atoms with van der Waals surface area (Å²) in [7, 11) is 0. The van der Waals surface area contributed by atoms with E-state index in [-0.39, 0.29) is 17.6 Å². The Labute approximate surface area is 140 Å². The normalized spacial score (nSPS) is 12.3. The number of aromatic nitrogens is 2. The van der Waals surface area contributed by atoms with Gasteiger partial charge in [0.25, 0.3) is 0 Å². The number of phenolic OH excluding ortho intramolecular Hbond substituents is 1. The first-order valence-electron chi connectivity index (χ1n) is 7.86. The molecule has 0 aliphatic carbocycles. The monoisotopic (exact) mass is 325 g/mol. The number of hydrogen-bond acceptors (Lipinski definition) is 3. The summed E-state index contributed by atoms with van der Waals surface area (Å²) in [5.74, 6) is -0.0175. The quantitative estimate of drug-likeness (QED) is 0.748. The maximum absolute atomic E-state index is 13.4. The number of nitrogens with zero attached hydrogens (tertiary/aromatic N) is 2. The first kappa shape index (κ1) is 16.2. The van der Waals surface area contributed by atoms with E-state index in [9.17, 15) is 9.50 Å². The average Bonchev–Trinajstić information content (AvgIpc) is 2.94. The Hall–Kier alpha value is -2.66. The molecule has 2 aromatic carbocycles. The Bertz CT molecular complexity index is 844. The Morgan fingerprint density at radius 3 is 2.75 bits per heavy atom. The molecule has 1 aromatic heterocycles. The maximum atomic E-state index is 13.4. The molecule has 3 aromatic rings. The largest absolute Gasteiger partial charge is 0.508 e. The van der Waals surface area contributed by atoms with E-state index in [0.717, 1.165) is 16.8 Å². The Balaban J connectivity index is 1.75. The van der Waals surface area contributed by atoms with Crippen LogP contribution in [0.3, 0.4) is 0 Å². The number of hydrogen-bond donors (Lipinski definition) is 2. The first-order valence-corrected chi connectivity index (χ1v) is 7.86. The average molecular weight is 325 g/mol. The molecule has 1 atom stereocenters. The van der Waals surface area contributed by atoms with Crippen molar-refractivity contribution in [2.75, 3.05) is 0 Å². The summed E-state index contributed by atoms with van der Waals surface area (Å²) < 4.78 is 15.2. The summed E-state index contributed by atoms with van der Waals surface area (Å²) in [4.78, 5) is 0. The zero-order valence-electron chi connectivity index (χ0n) is 13.7. The summed E-state index contributed by atoms with van der Waals surface area (Å²) in [5.41, 5.74) is 3.74. The van der Waals surface area contributed by atoms with Crippen molar-refractivity contribution in [1.82, 2.24) is 15.1 Å². The van der Waals surface area contributed by atoms with Crippen molar-refractivity contribution < 1.29 is 9.50 Å². The molecule has 0 aliphatic heterocycles. The van der Waals surface area contributed by atoms with Gasteiger partial charge in [-0.05, 0) is 49.7 Å². The van der Waals surface area contributed by atoms with E-state index in [1.54, 1.807) is 29.1 Å². The number of rotatable bonds is 5. The molecule has 2 N–H and O–H groups in total. The van der Waals surface area contributed by atoms with E-state index in [0.29, 0.717) is 12.2 Å². The van der Waals surface area contributed by atoms with E-state index < -0.39 is 0 Å². The van der Waals surface area contributed by atoms with Crippen molar-refractivity contribution in [2.24, 2.45) is 0 Å². The summed E-state index contributed by atoms with van der Waals surface area (Å²) >= 11 is 0. The molecule has 0 bridgehead atoms. The predicted octanol–water partition coefficient (Wildman–Crippen LogP) is 3.88. The third-order valence-corrected chi connectivity index (χ3v) is 4.09. The van der Waals surface area contributed by atoms with Gasteiger partial charge in [0.05, 0.1) is 11.9 Å². The zero-order valence-corrected chi connectivity index (χ0v) is 13.7. The van der Waals surface area contributed by atoms with E-state index in [1.807, 2.05) is 25.1 Å². The van der Waals surface area contributed by atoms with Gasteiger partial charge in [-0.2, -0.15) is 5.10 Å². The zero-order chi connectivity index (χ0) is 17.1. The molecular weight excluding hydrogens is 305 g/mol. The molecule has 0 unspecified atom stereocenters. The maximum Gasteiger partial charge on any atom is 0.125 e. The van der Waals surface area contributed by atoms with Crippen LogP contribution in [-0.2, 0) is 6.54 Å². The highest BCUT2D eigenvalue weighted by Crippen LogP contribution is 2.21. The molecule has 3 rings (SSSR count). The number of aromatic hydroxyl groups is 1. The molecule has 0 fully saturated rings. The minimum absolute atomic E-state index is 0.0784. The lowest BCUT2D eigenvalue weighted by Gasteiger charge is -2.14. The lowest BCUT2D eigenvalue weighted by Crippen LogP contribution is -2.18. The number of halogens is 1. The molecule has 0 amide bonds. The van der Waals surface area contributed by atoms with Gasteiger partial charge in [-0.3, -0.25) is 0 Å². The van der Waals surface area contributed by atoms with Crippen molar-refractivity contribution in [3.8, 4) is 11.4 Å². The third-order valence-electron chi connectivity index (χ3n) is 4.09. The predicted molar refractivity (Wildman–Crippen MR) is 91.6 cm³/mol. The van der Waals surface area contributed by atoms with Crippen LogP contribution >= 0.6 is 0 Å². The minimum Gasteiger partial charge on any atom is -0.508 e. The van der Waals surface area contributed by atoms with Gasteiger partial charge in [-0.1, -0.05) is 18.2 Å². The number of phenols is 1. The molecule has 0 saturated carbocycles. The molecule has 0 aliphatic rings. The summed E-state index contributed by atoms with van der Waals surface area (Å²) in [6.45, 7) is 4.67. The Kier molecular flexibility index (Phi) is 4.62. The topological polar surface area (TPSA) is 50.1 Å².